The molecule has 0 spiro atoms. The van der Waals surface area contributed by atoms with Gasteiger partial charge in [-0.25, -0.2) is 0 Å². The van der Waals surface area contributed by atoms with Crippen molar-refractivity contribution in [3.05, 3.63) is 23.7 Å². The van der Waals surface area contributed by atoms with Crippen molar-refractivity contribution in [1.29, 1.82) is 0 Å². The van der Waals surface area contributed by atoms with Crippen LogP contribution in [0, 0.1) is 0 Å². The highest BCUT2D eigenvalue weighted by Gasteiger charge is 2.28. The van der Waals surface area contributed by atoms with Crippen LogP contribution in [-0.4, -0.2) is 5.11 Å². The quantitative estimate of drug-likeness (QED) is 0.776. The Kier molecular flexibility index (Phi) is 3.15. The summed E-state index contributed by atoms with van der Waals surface area (Å²) in [6.45, 7) is 5.98. The van der Waals surface area contributed by atoms with Crippen molar-refractivity contribution < 1.29 is 9.52 Å². The zero-order valence-corrected chi connectivity index (χ0v) is 8.63. The van der Waals surface area contributed by atoms with Gasteiger partial charge in [-0.1, -0.05) is 20.8 Å². The van der Waals surface area contributed by atoms with Gasteiger partial charge in [-0.05, 0) is 25.0 Å². The van der Waals surface area contributed by atoms with Gasteiger partial charge in [0, 0.05) is 6.42 Å². The highest BCUT2D eigenvalue weighted by molar-refractivity contribution is 5.13. The van der Waals surface area contributed by atoms with Crippen molar-refractivity contribution in [1.82, 2.24) is 0 Å². The van der Waals surface area contributed by atoms with Crippen LogP contribution in [0.4, 0.5) is 0 Å². The number of hydrogen-bond donors (Lipinski definition) is 1. The van der Waals surface area contributed by atoms with Crippen LogP contribution in [0.15, 0.2) is 16.5 Å². The molecule has 0 atom stereocenters. The van der Waals surface area contributed by atoms with Crippen LogP contribution in [0.1, 0.15) is 45.1 Å². The zero-order valence-electron chi connectivity index (χ0n) is 8.63. The molecule has 0 radical (unpaired) electrons. The zero-order chi connectivity index (χ0) is 9.90. The first-order chi connectivity index (χ1) is 6.16. The maximum Gasteiger partial charge on any atom is 0.135 e. The minimum absolute atomic E-state index is 0.695. The summed E-state index contributed by atoms with van der Waals surface area (Å²) in [4.78, 5) is 0. The van der Waals surface area contributed by atoms with E-state index in [1.807, 2.05) is 32.9 Å². The monoisotopic (exact) mass is 182 g/mol. The van der Waals surface area contributed by atoms with Crippen molar-refractivity contribution in [2.45, 2.75) is 45.6 Å². The molecule has 0 fully saturated rings. The molecule has 0 unspecified atom stereocenters. The first-order valence-electron chi connectivity index (χ1n) is 4.97. The SMILES string of the molecule is CCc1ccc(C(O)(CC)CC)o1. The van der Waals surface area contributed by atoms with E-state index in [2.05, 4.69) is 0 Å². The molecule has 1 aromatic rings. The molecular weight excluding hydrogens is 164 g/mol. The smallest absolute Gasteiger partial charge is 0.135 e. The molecule has 0 aliphatic rings. The topological polar surface area (TPSA) is 33.4 Å². The van der Waals surface area contributed by atoms with Crippen molar-refractivity contribution >= 4 is 0 Å². The van der Waals surface area contributed by atoms with Gasteiger partial charge in [-0.2, -0.15) is 0 Å². The van der Waals surface area contributed by atoms with E-state index in [1.165, 1.54) is 0 Å². The predicted octanol–water partition coefficient (Wildman–Crippen LogP) is 2.85. The van der Waals surface area contributed by atoms with Gasteiger partial charge < -0.3 is 9.52 Å². The van der Waals surface area contributed by atoms with Gasteiger partial charge >= 0.3 is 0 Å². The summed E-state index contributed by atoms with van der Waals surface area (Å²) in [5.74, 6) is 1.64. The summed E-state index contributed by atoms with van der Waals surface area (Å²) in [7, 11) is 0. The molecule has 0 bridgehead atoms. The number of hydrogen-bond acceptors (Lipinski definition) is 2. The largest absolute Gasteiger partial charge is 0.463 e. The van der Waals surface area contributed by atoms with Gasteiger partial charge in [0.05, 0.1) is 0 Å². The van der Waals surface area contributed by atoms with E-state index in [9.17, 15) is 5.11 Å². The summed E-state index contributed by atoms with van der Waals surface area (Å²) >= 11 is 0. The number of aliphatic hydroxyl groups is 1. The summed E-state index contributed by atoms with van der Waals surface area (Å²) in [6, 6.07) is 3.82. The van der Waals surface area contributed by atoms with Crippen LogP contribution in [0.2, 0.25) is 0 Å². The fourth-order valence-electron chi connectivity index (χ4n) is 1.42. The van der Waals surface area contributed by atoms with Gasteiger partial charge in [0.25, 0.3) is 0 Å². The van der Waals surface area contributed by atoms with E-state index in [4.69, 9.17) is 4.42 Å². The maximum absolute atomic E-state index is 10.1. The molecule has 74 valence electrons. The van der Waals surface area contributed by atoms with Crippen molar-refractivity contribution in [2.75, 3.05) is 0 Å². The van der Waals surface area contributed by atoms with Crippen LogP contribution < -0.4 is 0 Å². The Morgan fingerprint density at radius 2 is 1.85 bits per heavy atom. The molecule has 1 heterocycles. The highest BCUT2D eigenvalue weighted by atomic mass is 16.4. The van der Waals surface area contributed by atoms with Crippen molar-refractivity contribution in [2.24, 2.45) is 0 Å². The molecular formula is C11H18O2. The van der Waals surface area contributed by atoms with Crippen LogP contribution >= 0.6 is 0 Å². The Bertz CT molecular complexity index is 259. The summed E-state index contributed by atoms with van der Waals surface area (Å²) in [5, 5.41) is 10.1. The van der Waals surface area contributed by atoms with E-state index in [0.29, 0.717) is 18.6 Å². The van der Waals surface area contributed by atoms with Crippen LogP contribution in [0.25, 0.3) is 0 Å². The summed E-state index contributed by atoms with van der Waals surface area (Å²) in [6.07, 6.45) is 2.27. The third-order valence-electron chi connectivity index (χ3n) is 2.64. The van der Waals surface area contributed by atoms with Crippen LogP contribution in [0.5, 0.6) is 0 Å². The normalized spacial score (nSPS) is 12.0. The molecule has 2 heteroatoms. The molecule has 0 saturated carbocycles. The van der Waals surface area contributed by atoms with E-state index >= 15 is 0 Å². The minimum Gasteiger partial charge on any atom is -0.463 e. The number of rotatable bonds is 4. The van der Waals surface area contributed by atoms with Crippen LogP contribution in [-0.2, 0) is 12.0 Å². The van der Waals surface area contributed by atoms with E-state index in [0.717, 1.165) is 12.2 Å². The Hall–Kier alpha value is -0.760. The van der Waals surface area contributed by atoms with Crippen LogP contribution in [0.3, 0.4) is 0 Å². The van der Waals surface area contributed by atoms with E-state index in [-0.39, 0.29) is 0 Å². The van der Waals surface area contributed by atoms with E-state index < -0.39 is 5.60 Å². The Labute approximate surface area is 79.6 Å². The van der Waals surface area contributed by atoms with Gasteiger partial charge in [0.2, 0.25) is 0 Å². The highest BCUT2D eigenvalue weighted by Crippen LogP contribution is 2.29. The third-order valence-corrected chi connectivity index (χ3v) is 2.64. The van der Waals surface area contributed by atoms with E-state index in [1.54, 1.807) is 0 Å². The third kappa shape index (κ3) is 1.94. The fourth-order valence-corrected chi connectivity index (χ4v) is 1.42. The first kappa shape index (κ1) is 10.3. The summed E-state index contributed by atoms with van der Waals surface area (Å²) in [5.41, 5.74) is -0.770. The molecule has 0 amide bonds. The molecule has 1 aromatic heterocycles. The van der Waals surface area contributed by atoms with Gasteiger partial charge in [0.15, 0.2) is 0 Å². The average molecular weight is 182 g/mol. The van der Waals surface area contributed by atoms with Gasteiger partial charge in [-0.15, -0.1) is 0 Å². The second-order valence-electron chi connectivity index (χ2n) is 3.36. The Morgan fingerprint density at radius 1 is 1.23 bits per heavy atom. The molecule has 1 N–H and O–H groups in total. The summed E-state index contributed by atoms with van der Waals surface area (Å²) < 4.78 is 5.53. The van der Waals surface area contributed by atoms with Gasteiger partial charge in [0.1, 0.15) is 17.1 Å². The molecule has 0 aliphatic carbocycles. The lowest BCUT2D eigenvalue weighted by molar-refractivity contribution is 0.00601. The molecule has 0 saturated heterocycles. The minimum atomic E-state index is -0.770. The average Bonchev–Trinajstić information content (AvgIpc) is 2.65. The standard InChI is InChI=1S/C11H18O2/c1-4-9-7-8-10(13-9)11(12,5-2)6-3/h7-8,12H,4-6H2,1-3H3. The number of furan rings is 1. The second kappa shape index (κ2) is 3.97. The van der Waals surface area contributed by atoms with Gasteiger partial charge in [-0.3, -0.25) is 0 Å². The first-order valence-corrected chi connectivity index (χ1v) is 4.97. The Balaban J connectivity index is 2.91. The lowest BCUT2D eigenvalue weighted by Gasteiger charge is -2.22. The molecule has 1 rings (SSSR count). The van der Waals surface area contributed by atoms with Crippen molar-refractivity contribution in [3.8, 4) is 0 Å². The lowest BCUT2D eigenvalue weighted by Crippen LogP contribution is -2.22. The number of aryl methyl sites for hydroxylation is 1. The second-order valence-corrected chi connectivity index (χ2v) is 3.36. The molecule has 2 nitrogen and oxygen atoms in total. The van der Waals surface area contributed by atoms with Crippen molar-refractivity contribution in [3.63, 3.8) is 0 Å². The lowest BCUT2D eigenvalue weighted by atomic mass is 9.95. The molecule has 0 aliphatic heterocycles. The Morgan fingerprint density at radius 3 is 2.23 bits per heavy atom. The molecule has 13 heavy (non-hydrogen) atoms. The fraction of sp³-hybridized carbons (Fsp3) is 0.636. The predicted molar refractivity (Wildman–Crippen MR) is 52.6 cm³/mol. The maximum atomic E-state index is 10.1. The molecule has 0 aromatic carbocycles.